The Morgan fingerprint density at radius 1 is 0.917 bits per heavy atom. The number of benzene rings is 3. The van der Waals surface area contributed by atoms with E-state index in [0.29, 0.717) is 36.0 Å². The summed E-state index contributed by atoms with van der Waals surface area (Å²) in [4.78, 5) is 28.9. The maximum absolute atomic E-state index is 13.5. The molecule has 0 aliphatic carbocycles. The van der Waals surface area contributed by atoms with Crippen molar-refractivity contribution in [3.8, 4) is 6.07 Å². The molecular formula is C29H28N4O3. The molecule has 0 radical (unpaired) electrons. The Bertz CT molecular complexity index is 1560. The summed E-state index contributed by atoms with van der Waals surface area (Å²) < 4.78 is 2.76. The summed E-state index contributed by atoms with van der Waals surface area (Å²) >= 11 is 0. The van der Waals surface area contributed by atoms with Crippen molar-refractivity contribution in [1.29, 1.82) is 5.26 Å². The van der Waals surface area contributed by atoms with Crippen LogP contribution in [0.2, 0.25) is 0 Å². The van der Waals surface area contributed by atoms with Crippen LogP contribution in [0.5, 0.6) is 0 Å². The second-order valence-corrected chi connectivity index (χ2v) is 9.34. The van der Waals surface area contributed by atoms with Gasteiger partial charge in [-0.05, 0) is 53.8 Å². The number of rotatable bonds is 7. The third kappa shape index (κ3) is 4.87. The highest BCUT2D eigenvalue weighted by Crippen LogP contribution is 2.18. The molecule has 0 spiro atoms. The number of hydrogen-bond donors (Lipinski definition) is 1. The quantitative estimate of drug-likeness (QED) is 0.439. The number of fused-ring (bicyclic) bond motifs is 2. The van der Waals surface area contributed by atoms with Crippen molar-refractivity contribution >= 4 is 10.9 Å². The first-order chi connectivity index (χ1) is 17.5. The van der Waals surface area contributed by atoms with E-state index in [0.717, 1.165) is 29.6 Å². The minimum absolute atomic E-state index is 0.0649. The summed E-state index contributed by atoms with van der Waals surface area (Å²) in [7, 11) is 0. The molecule has 3 aromatic carbocycles. The van der Waals surface area contributed by atoms with Gasteiger partial charge in [0, 0.05) is 26.2 Å². The number of aryl methyl sites for hydroxylation is 2. The van der Waals surface area contributed by atoms with Crippen LogP contribution < -0.4 is 11.2 Å². The molecular weight excluding hydrogens is 452 g/mol. The molecule has 1 aliphatic heterocycles. The van der Waals surface area contributed by atoms with Gasteiger partial charge in [0.2, 0.25) is 0 Å². The van der Waals surface area contributed by atoms with Crippen LogP contribution in [0.1, 0.15) is 22.3 Å². The second kappa shape index (κ2) is 10.3. The Labute approximate surface area is 209 Å². The zero-order chi connectivity index (χ0) is 25.1. The minimum Gasteiger partial charge on any atom is -0.390 e. The molecule has 0 bridgehead atoms. The summed E-state index contributed by atoms with van der Waals surface area (Å²) in [5.41, 5.74) is 3.84. The number of nitriles is 1. The molecule has 182 valence electrons. The predicted octanol–water partition coefficient (Wildman–Crippen LogP) is 2.70. The summed E-state index contributed by atoms with van der Waals surface area (Å²) in [6, 6.07) is 24.8. The SMILES string of the molecule is N#Cc1cccc(CCn2c(=O)n(CC(O)CN3CCc4ccccc4C3)c(=O)c3ccccc32)c1. The van der Waals surface area contributed by atoms with Crippen molar-refractivity contribution < 1.29 is 5.11 Å². The number of nitrogens with zero attached hydrogens (tertiary/aromatic N) is 4. The van der Waals surface area contributed by atoms with Gasteiger partial charge in [-0.25, -0.2) is 4.79 Å². The average molecular weight is 481 g/mol. The van der Waals surface area contributed by atoms with Crippen LogP contribution in [0.25, 0.3) is 10.9 Å². The highest BCUT2D eigenvalue weighted by atomic mass is 16.3. The third-order valence-corrected chi connectivity index (χ3v) is 6.88. The molecule has 1 atom stereocenters. The van der Waals surface area contributed by atoms with Gasteiger partial charge in [-0.2, -0.15) is 5.26 Å². The number of hydrogen-bond acceptors (Lipinski definition) is 5. The van der Waals surface area contributed by atoms with Gasteiger partial charge in [-0.15, -0.1) is 0 Å². The first-order valence-corrected chi connectivity index (χ1v) is 12.2. The van der Waals surface area contributed by atoms with Gasteiger partial charge in [-0.3, -0.25) is 18.8 Å². The number of aromatic nitrogens is 2. The van der Waals surface area contributed by atoms with Crippen molar-refractivity contribution in [2.24, 2.45) is 0 Å². The Hall–Kier alpha value is -3.99. The van der Waals surface area contributed by atoms with E-state index >= 15 is 0 Å². The van der Waals surface area contributed by atoms with Crippen molar-refractivity contribution in [1.82, 2.24) is 14.0 Å². The number of β-amino-alcohol motifs (C(OH)–C–C–N with tert-alkyl or cyclic N) is 1. The Kier molecular flexibility index (Phi) is 6.81. The molecule has 7 nitrogen and oxygen atoms in total. The predicted molar refractivity (Wildman–Crippen MR) is 139 cm³/mol. The van der Waals surface area contributed by atoms with Gasteiger partial charge in [0.1, 0.15) is 0 Å². The lowest BCUT2D eigenvalue weighted by molar-refractivity contribution is 0.0897. The molecule has 0 fully saturated rings. The van der Waals surface area contributed by atoms with Crippen LogP contribution in [0.15, 0.2) is 82.4 Å². The summed E-state index contributed by atoms with van der Waals surface area (Å²) in [5, 5.41) is 20.5. The third-order valence-electron chi connectivity index (χ3n) is 6.88. The zero-order valence-corrected chi connectivity index (χ0v) is 20.0. The average Bonchev–Trinajstić information content (AvgIpc) is 2.91. The number of aliphatic hydroxyl groups is 1. The van der Waals surface area contributed by atoms with Gasteiger partial charge in [-0.1, -0.05) is 48.5 Å². The van der Waals surface area contributed by atoms with E-state index in [-0.39, 0.29) is 12.1 Å². The molecule has 1 aromatic heterocycles. The smallest absolute Gasteiger partial charge is 0.331 e. The standard InChI is InChI=1S/C29H28N4O3/c30-17-22-7-5-6-21(16-22)12-15-32-27-11-4-3-10-26(27)28(35)33(29(32)36)20-25(34)19-31-14-13-23-8-1-2-9-24(23)18-31/h1-11,16,25,34H,12-15,18-20H2. The largest absolute Gasteiger partial charge is 0.390 e. The van der Waals surface area contributed by atoms with E-state index in [4.69, 9.17) is 0 Å². The number of para-hydroxylation sites is 1. The zero-order valence-electron chi connectivity index (χ0n) is 20.0. The van der Waals surface area contributed by atoms with Crippen LogP contribution >= 0.6 is 0 Å². The van der Waals surface area contributed by atoms with E-state index in [1.54, 1.807) is 34.9 Å². The molecule has 0 amide bonds. The number of aliphatic hydroxyl groups excluding tert-OH is 1. The fraction of sp³-hybridized carbons (Fsp3) is 0.276. The second-order valence-electron chi connectivity index (χ2n) is 9.34. The van der Waals surface area contributed by atoms with E-state index in [9.17, 15) is 20.0 Å². The van der Waals surface area contributed by atoms with E-state index in [1.807, 2.05) is 30.3 Å². The van der Waals surface area contributed by atoms with E-state index in [2.05, 4.69) is 23.1 Å². The summed E-state index contributed by atoms with van der Waals surface area (Å²) in [5.74, 6) is 0. The summed E-state index contributed by atoms with van der Waals surface area (Å²) in [6.45, 7) is 2.24. The van der Waals surface area contributed by atoms with Gasteiger partial charge in [0.05, 0.1) is 35.2 Å². The Morgan fingerprint density at radius 2 is 1.69 bits per heavy atom. The molecule has 2 heterocycles. The maximum Gasteiger partial charge on any atom is 0.331 e. The Morgan fingerprint density at radius 3 is 2.53 bits per heavy atom. The first-order valence-electron chi connectivity index (χ1n) is 12.2. The maximum atomic E-state index is 13.5. The molecule has 0 saturated carbocycles. The lowest BCUT2D eigenvalue weighted by Gasteiger charge is -2.30. The van der Waals surface area contributed by atoms with Crippen LogP contribution in [0.3, 0.4) is 0 Å². The van der Waals surface area contributed by atoms with Gasteiger partial charge >= 0.3 is 5.69 Å². The normalized spacial score (nSPS) is 14.3. The molecule has 5 rings (SSSR count). The molecule has 0 saturated heterocycles. The van der Waals surface area contributed by atoms with E-state index < -0.39 is 11.8 Å². The highest BCUT2D eigenvalue weighted by Gasteiger charge is 2.21. The molecule has 4 aromatic rings. The minimum atomic E-state index is -0.859. The molecule has 1 N–H and O–H groups in total. The van der Waals surface area contributed by atoms with Crippen LogP contribution in [-0.2, 0) is 32.5 Å². The van der Waals surface area contributed by atoms with E-state index in [1.165, 1.54) is 11.1 Å². The molecule has 7 heteroatoms. The van der Waals surface area contributed by atoms with Crippen molar-refractivity contribution in [3.05, 3.63) is 116 Å². The summed E-state index contributed by atoms with van der Waals surface area (Å²) in [6.07, 6.45) is 0.592. The van der Waals surface area contributed by atoms with Crippen LogP contribution in [-0.4, -0.2) is 38.3 Å². The fourth-order valence-corrected chi connectivity index (χ4v) is 5.06. The fourth-order valence-electron chi connectivity index (χ4n) is 5.06. The van der Waals surface area contributed by atoms with Crippen molar-refractivity contribution in [2.75, 3.05) is 13.1 Å². The van der Waals surface area contributed by atoms with Crippen molar-refractivity contribution in [3.63, 3.8) is 0 Å². The monoisotopic (exact) mass is 480 g/mol. The molecule has 1 aliphatic rings. The van der Waals surface area contributed by atoms with Crippen molar-refractivity contribution in [2.45, 2.75) is 38.6 Å². The Balaban J connectivity index is 1.39. The van der Waals surface area contributed by atoms with Gasteiger partial charge in [0.15, 0.2) is 0 Å². The lowest BCUT2D eigenvalue weighted by atomic mass is 10.00. The van der Waals surface area contributed by atoms with Crippen LogP contribution in [0, 0.1) is 11.3 Å². The van der Waals surface area contributed by atoms with Gasteiger partial charge < -0.3 is 5.11 Å². The molecule has 36 heavy (non-hydrogen) atoms. The first kappa shape index (κ1) is 23.7. The van der Waals surface area contributed by atoms with Gasteiger partial charge in [0.25, 0.3) is 5.56 Å². The molecule has 1 unspecified atom stereocenters. The van der Waals surface area contributed by atoms with Crippen LogP contribution in [0.4, 0.5) is 0 Å². The lowest BCUT2D eigenvalue weighted by Crippen LogP contribution is -2.45. The topological polar surface area (TPSA) is 91.3 Å². The highest BCUT2D eigenvalue weighted by molar-refractivity contribution is 5.77.